The van der Waals surface area contributed by atoms with Gasteiger partial charge in [0.05, 0.1) is 38.6 Å². The van der Waals surface area contributed by atoms with Gasteiger partial charge in [-0.25, -0.2) is 0 Å². The zero-order chi connectivity index (χ0) is 64.7. The molecule has 19 nitrogen and oxygen atoms in total. The number of nitrogens with one attached hydrogen (secondary N) is 1. The molecule has 3 heterocycles. The Bertz CT molecular complexity index is 1850. The van der Waals surface area contributed by atoms with Crippen molar-refractivity contribution in [3.05, 3.63) is 60.8 Å². The molecule has 1 amide bonds. The summed E-state index contributed by atoms with van der Waals surface area (Å²) in [6.07, 6.45) is 36.1. The number of hydrogen-bond donors (Lipinski definition) is 12. The molecule has 0 saturated carbocycles. The molecule has 0 radical (unpaired) electrons. The third-order valence-corrected chi connectivity index (χ3v) is 17.3. The summed E-state index contributed by atoms with van der Waals surface area (Å²) in [5.74, 6) is -0.280. The lowest BCUT2D eigenvalue weighted by molar-refractivity contribution is -0.379. The van der Waals surface area contributed by atoms with E-state index in [-0.39, 0.29) is 18.9 Å². The highest BCUT2D eigenvalue weighted by atomic mass is 16.8. The number of hydrogen-bond acceptors (Lipinski definition) is 18. The quantitative estimate of drug-likeness (QED) is 0.0199. The van der Waals surface area contributed by atoms with Crippen LogP contribution in [0.25, 0.3) is 0 Å². The summed E-state index contributed by atoms with van der Waals surface area (Å²) in [7, 11) is 0. The zero-order valence-corrected chi connectivity index (χ0v) is 54.6. The normalized spacial score (nSPS) is 28.6. The zero-order valence-electron chi connectivity index (χ0n) is 54.6. The summed E-state index contributed by atoms with van der Waals surface area (Å²) < 4.78 is 34.4. The van der Waals surface area contributed by atoms with Gasteiger partial charge in [0.25, 0.3) is 0 Å². The third kappa shape index (κ3) is 33.9. The first kappa shape index (κ1) is 80.7. The van der Waals surface area contributed by atoms with E-state index in [1.165, 1.54) is 135 Å². The minimum Gasteiger partial charge on any atom is -0.394 e. The predicted molar refractivity (Wildman–Crippen MR) is 346 cm³/mol. The summed E-state index contributed by atoms with van der Waals surface area (Å²) in [5, 5.41) is 121. The largest absolute Gasteiger partial charge is 0.394 e. The van der Waals surface area contributed by atoms with Crippen LogP contribution >= 0.6 is 0 Å². The summed E-state index contributed by atoms with van der Waals surface area (Å²) in [4.78, 5) is 13.4. The van der Waals surface area contributed by atoms with Gasteiger partial charge in [-0.15, -0.1) is 0 Å². The Morgan fingerprint density at radius 2 is 0.775 bits per heavy atom. The van der Waals surface area contributed by atoms with E-state index in [1.807, 2.05) is 6.08 Å². The van der Waals surface area contributed by atoms with Crippen LogP contribution in [0.1, 0.15) is 245 Å². The highest BCUT2D eigenvalue weighted by Gasteiger charge is 2.53. The molecule has 3 saturated heterocycles. The topological polar surface area (TPSA) is 307 Å². The molecule has 17 unspecified atom stereocenters. The van der Waals surface area contributed by atoms with Crippen molar-refractivity contribution in [1.29, 1.82) is 0 Å². The van der Waals surface area contributed by atoms with Gasteiger partial charge >= 0.3 is 0 Å². The minimum absolute atomic E-state index is 0.236. The van der Waals surface area contributed by atoms with Crippen molar-refractivity contribution in [2.45, 2.75) is 349 Å². The average molecular weight is 1270 g/mol. The fraction of sp³-hybridized carbons (Fsp3) is 0.843. The van der Waals surface area contributed by atoms with Crippen LogP contribution in [0.15, 0.2) is 60.8 Å². The number of rotatable bonds is 53. The van der Waals surface area contributed by atoms with Gasteiger partial charge in [0.15, 0.2) is 18.9 Å². The molecule has 0 aromatic carbocycles. The molecular formula is C70H125NO18. The van der Waals surface area contributed by atoms with E-state index in [9.17, 15) is 61.0 Å². The first-order chi connectivity index (χ1) is 43.3. The van der Waals surface area contributed by atoms with Crippen LogP contribution < -0.4 is 5.32 Å². The number of aliphatic hydroxyl groups is 11. The predicted octanol–water partition coefficient (Wildman–Crippen LogP) is 9.16. The van der Waals surface area contributed by atoms with Crippen LogP contribution in [0.3, 0.4) is 0 Å². The van der Waals surface area contributed by atoms with Crippen molar-refractivity contribution in [2.24, 2.45) is 0 Å². The molecule has 0 aromatic rings. The summed E-state index contributed by atoms with van der Waals surface area (Å²) in [5.41, 5.74) is 0. The monoisotopic (exact) mass is 1270 g/mol. The van der Waals surface area contributed by atoms with Crippen LogP contribution in [0.2, 0.25) is 0 Å². The van der Waals surface area contributed by atoms with Gasteiger partial charge in [-0.3, -0.25) is 4.79 Å². The molecule has 3 rings (SSSR count). The number of aliphatic hydroxyl groups excluding tert-OH is 11. The Morgan fingerprint density at radius 1 is 0.416 bits per heavy atom. The van der Waals surface area contributed by atoms with E-state index in [4.69, 9.17) is 28.4 Å². The molecule has 19 heteroatoms. The number of amides is 1. The second-order valence-corrected chi connectivity index (χ2v) is 25.0. The molecule has 3 fully saturated rings. The SMILES string of the molecule is CC/C=C\C/C=C\C/C=C\C/C=C\CCCCCCCCCCCCC(=O)NC(COC1OC(CO)C(OC2OC(CO)C(OC3OC(CO)C(O)C(O)C3O)C(O)C2O)C(O)C1O)C(O)/C=C/CCCCCCCCCCCCCCCCCCCCC. The van der Waals surface area contributed by atoms with Crippen molar-refractivity contribution >= 4 is 5.91 Å². The molecule has 0 bridgehead atoms. The van der Waals surface area contributed by atoms with Gasteiger partial charge in [-0.05, 0) is 57.8 Å². The number of ether oxygens (including phenoxy) is 6. The van der Waals surface area contributed by atoms with Crippen molar-refractivity contribution in [3.8, 4) is 0 Å². The molecule has 17 atom stereocenters. The van der Waals surface area contributed by atoms with E-state index in [2.05, 4.69) is 67.8 Å². The first-order valence-corrected chi connectivity index (χ1v) is 35.0. The van der Waals surface area contributed by atoms with Gasteiger partial charge in [-0.1, -0.05) is 242 Å². The number of allylic oxidation sites excluding steroid dienone is 9. The van der Waals surface area contributed by atoms with Crippen molar-refractivity contribution in [3.63, 3.8) is 0 Å². The Balaban J connectivity index is 1.45. The van der Waals surface area contributed by atoms with Crippen molar-refractivity contribution in [2.75, 3.05) is 26.4 Å². The van der Waals surface area contributed by atoms with E-state index < -0.39 is 124 Å². The lowest BCUT2D eigenvalue weighted by Gasteiger charge is -2.48. The minimum atomic E-state index is -1.98. The highest BCUT2D eigenvalue weighted by molar-refractivity contribution is 5.76. The van der Waals surface area contributed by atoms with Gasteiger partial charge in [-0.2, -0.15) is 0 Å². The lowest BCUT2D eigenvalue weighted by Crippen LogP contribution is -2.66. The molecule has 12 N–H and O–H groups in total. The summed E-state index contributed by atoms with van der Waals surface area (Å²) in [6.45, 7) is 1.63. The van der Waals surface area contributed by atoms with Gasteiger partial charge in [0.1, 0.15) is 73.2 Å². The summed E-state index contributed by atoms with van der Waals surface area (Å²) >= 11 is 0. The molecule has 0 aromatic heterocycles. The molecule has 3 aliphatic heterocycles. The van der Waals surface area contributed by atoms with Crippen LogP contribution in [0.4, 0.5) is 0 Å². The maximum atomic E-state index is 13.4. The molecule has 3 aliphatic rings. The van der Waals surface area contributed by atoms with E-state index in [0.717, 1.165) is 83.5 Å². The van der Waals surface area contributed by atoms with Crippen molar-refractivity contribution in [1.82, 2.24) is 5.32 Å². The number of unbranched alkanes of at least 4 members (excludes halogenated alkanes) is 29. The maximum Gasteiger partial charge on any atom is 0.220 e. The van der Waals surface area contributed by atoms with E-state index >= 15 is 0 Å². The lowest BCUT2D eigenvalue weighted by atomic mass is 9.96. The number of carbonyl (C=O) groups is 1. The first-order valence-electron chi connectivity index (χ1n) is 35.0. The molecule has 89 heavy (non-hydrogen) atoms. The van der Waals surface area contributed by atoms with Crippen LogP contribution in [0.5, 0.6) is 0 Å². The maximum absolute atomic E-state index is 13.4. The molecule has 0 spiro atoms. The van der Waals surface area contributed by atoms with Gasteiger partial charge < -0.3 is 89.9 Å². The standard InChI is InChI=1S/C70H125NO18/c1-3-5-7-9-11-13-15-17-19-21-23-25-26-28-30-32-34-36-38-40-42-44-46-48-58(76)71-53(54(75)47-45-43-41-39-37-35-33-31-29-27-24-22-20-18-16-14-12-10-8-6-4-2)52-84-68-64(82)61(79)66(56(50-73)86-68)89-70-65(83)62(80)67(57(51-74)87-70)88-69-63(81)60(78)59(77)55(49-72)85-69/h5,7,11,13,17,19,23,25,45,47,53-57,59-70,72-75,77-83H,3-4,6,8-10,12,14-16,18,20-22,24,26-44,46,48-52H2,1-2H3,(H,71,76)/b7-5-,13-11-,19-17-,25-23-,47-45+. The Labute approximate surface area is 535 Å². The number of carbonyl (C=O) groups excluding carboxylic acids is 1. The third-order valence-electron chi connectivity index (χ3n) is 17.3. The van der Waals surface area contributed by atoms with Gasteiger partial charge in [0, 0.05) is 6.42 Å². The van der Waals surface area contributed by atoms with Crippen molar-refractivity contribution < 1.29 is 89.4 Å². The van der Waals surface area contributed by atoms with E-state index in [1.54, 1.807) is 6.08 Å². The molecule has 0 aliphatic carbocycles. The van der Waals surface area contributed by atoms with Crippen LogP contribution in [-0.4, -0.2) is 193 Å². The fourth-order valence-electron chi connectivity index (χ4n) is 11.7. The van der Waals surface area contributed by atoms with Gasteiger partial charge in [0.2, 0.25) is 5.91 Å². The molecule has 518 valence electrons. The second kappa shape index (κ2) is 51.8. The molecular weight excluding hydrogens is 1140 g/mol. The Hall–Kier alpha value is -2.51. The average Bonchev–Trinajstić information content (AvgIpc) is 2.09. The Morgan fingerprint density at radius 3 is 1.21 bits per heavy atom. The smallest absolute Gasteiger partial charge is 0.220 e. The van der Waals surface area contributed by atoms with E-state index in [0.29, 0.717) is 6.42 Å². The Kier molecular flexibility index (Phi) is 47.0. The second-order valence-electron chi connectivity index (χ2n) is 25.0. The van der Waals surface area contributed by atoms with Crippen LogP contribution in [-0.2, 0) is 33.2 Å². The highest BCUT2D eigenvalue weighted by Crippen LogP contribution is 2.33. The summed E-state index contributed by atoms with van der Waals surface area (Å²) in [6, 6.07) is -0.979. The fourth-order valence-corrected chi connectivity index (χ4v) is 11.7. The van der Waals surface area contributed by atoms with Crippen LogP contribution in [0, 0.1) is 0 Å².